The summed E-state index contributed by atoms with van der Waals surface area (Å²) in [5.41, 5.74) is 3.03. The summed E-state index contributed by atoms with van der Waals surface area (Å²) in [6, 6.07) is 10.6. The van der Waals surface area contributed by atoms with Crippen LogP contribution in [-0.2, 0) is 6.42 Å². The number of benzene rings is 1. The molecule has 0 N–H and O–H groups in total. The molecule has 0 spiro atoms. The van der Waals surface area contributed by atoms with E-state index in [9.17, 15) is 0 Å². The first-order chi connectivity index (χ1) is 6.43. The maximum absolute atomic E-state index is 5.42. The van der Waals surface area contributed by atoms with Crippen molar-refractivity contribution in [3.05, 3.63) is 47.5 Å². The molecule has 1 rings (SSSR count). The van der Waals surface area contributed by atoms with Crippen LogP contribution in [0.1, 0.15) is 24.8 Å². The van der Waals surface area contributed by atoms with E-state index in [1.54, 1.807) is 5.54 Å². The number of rotatable bonds is 5. The van der Waals surface area contributed by atoms with Crippen molar-refractivity contribution in [3.63, 3.8) is 0 Å². The molecule has 0 aromatic heterocycles. The first kappa shape index (κ1) is 10.3. The summed E-state index contributed by atoms with van der Waals surface area (Å²) >= 11 is 5.42. The molecule has 0 nitrogen and oxygen atoms in total. The Kier molecular flexibility index (Phi) is 5.35. The van der Waals surface area contributed by atoms with Gasteiger partial charge in [0.25, 0.3) is 0 Å². The Labute approximate surface area is 85.2 Å². The van der Waals surface area contributed by atoms with Crippen LogP contribution >= 0.6 is 11.6 Å². The highest BCUT2D eigenvalue weighted by atomic mass is 35.5. The highest BCUT2D eigenvalue weighted by Gasteiger charge is 1.90. The van der Waals surface area contributed by atoms with Gasteiger partial charge in [0.05, 0.1) is 0 Å². The fourth-order valence-electron chi connectivity index (χ4n) is 1.30. The van der Waals surface area contributed by atoms with Gasteiger partial charge in [0.2, 0.25) is 0 Å². The van der Waals surface area contributed by atoms with E-state index in [1.807, 2.05) is 6.08 Å². The van der Waals surface area contributed by atoms with Gasteiger partial charge in [-0.25, -0.2) is 0 Å². The van der Waals surface area contributed by atoms with E-state index in [4.69, 9.17) is 11.6 Å². The molecule has 0 aliphatic heterocycles. The van der Waals surface area contributed by atoms with E-state index in [1.165, 1.54) is 24.8 Å². The summed E-state index contributed by atoms with van der Waals surface area (Å²) in [4.78, 5) is 0. The van der Waals surface area contributed by atoms with E-state index < -0.39 is 0 Å². The van der Waals surface area contributed by atoms with Gasteiger partial charge in [-0.2, -0.15) is 0 Å². The van der Waals surface area contributed by atoms with Crippen LogP contribution in [-0.4, -0.2) is 0 Å². The van der Waals surface area contributed by atoms with Crippen molar-refractivity contribution in [2.24, 2.45) is 0 Å². The Bertz CT molecular complexity index is 239. The van der Waals surface area contributed by atoms with Gasteiger partial charge in [-0.3, -0.25) is 0 Å². The van der Waals surface area contributed by atoms with Crippen LogP contribution < -0.4 is 0 Å². The minimum Gasteiger partial charge on any atom is -0.0933 e. The molecule has 70 valence electrons. The Morgan fingerprint density at radius 1 is 1.08 bits per heavy atom. The van der Waals surface area contributed by atoms with Crippen molar-refractivity contribution in [1.29, 1.82) is 0 Å². The number of allylic oxidation sites excluding steroid dienone is 1. The van der Waals surface area contributed by atoms with E-state index in [-0.39, 0.29) is 0 Å². The zero-order chi connectivity index (χ0) is 9.36. The summed E-state index contributed by atoms with van der Waals surface area (Å²) in [6.07, 6.45) is 6.74. The SMILES string of the molecule is Cl/C=C\CCCCc1ccccc1. The molecule has 0 heterocycles. The average molecular weight is 195 g/mol. The monoisotopic (exact) mass is 194 g/mol. The van der Waals surface area contributed by atoms with Crippen molar-refractivity contribution in [3.8, 4) is 0 Å². The minimum absolute atomic E-state index is 1.09. The van der Waals surface area contributed by atoms with Crippen LogP contribution in [0.2, 0.25) is 0 Å². The first-order valence-electron chi connectivity index (χ1n) is 4.72. The van der Waals surface area contributed by atoms with E-state index >= 15 is 0 Å². The van der Waals surface area contributed by atoms with Crippen LogP contribution in [0.5, 0.6) is 0 Å². The molecular weight excluding hydrogens is 180 g/mol. The van der Waals surface area contributed by atoms with Crippen LogP contribution in [0.25, 0.3) is 0 Å². The van der Waals surface area contributed by atoms with Crippen molar-refractivity contribution < 1.29 is 0 Å². The number of unbranched alkanes of at least 4 members (excludes halogenated alkanes) is 2. The normalized spacial score (nSPS) is 10.8. The third kappa shape index (κ3) is 4.74. The molecule has 1 heteroatoms. The van der Waals surface area contributed by atoms with Gasteiger partial charge in [0, 0.05) is 5.54 Å². The van der Waals surface area contributed by atoms with Gasteiger partial charge in [-0.15, -0.1) is 0 Å². The standard InChI is InChI=1S/C12H15Cl/c13-11-7-2-1-4-8-12-9-5-3-6-10-12/h3,5-7,9-11H,1-2,4,8H2/b11-7-. The summed E-state index contributed by atoms with van der Waals surface area (Å²) in [5, 5.41) is 0. The molecule has 0 bridgehead atoms. The molecule has 1 aromatic rings. The maximum atomic E-state index is 5.42. The summed E-state index contributed by atoms with van der Waals surface area (Å²) in [6.45, 7) is 0. The summed E-state index contributed by atoms with van der Waals surface area (Å²) < 4.78 is 0. The van der Waals surface area contributed by atoms with E-state index in [0.717, 1.165) is 6.42 Å². The highest BCUT2D eigenvalue weighted by Crippen LogP contribution is 2.06. The van der Waals surface area contributed by atoms with Crippen molar-refractivity contribution in [2.75, 3.05) is 0 Å². The lowest BCUT2D eigenvalue weighted by Gasteiger charge is -1.98. The van der Waals surface area contributed by atoms with Gasteiger partial charge < -0.3 is 0 Å². The predicted molar refractivity (Wildman–Crippen MR) is 59.0 cm³/mol. The lowest BCUT2D eigenvalue weighted by molar-refractivity contribution is 0.748. The maximum Gasteiger partial charge on any atom is 0.000245 e. The number of hydrogen-bond donors (Lipinski definition) is 0. The second-order valence-corrected chi connectivity index (χ2v) is 3.35. The van der Waals surface area contributed by atoms with Crippen LogP contribution in [0.15, 0.2) is 41.9 Å². The van der Waals surface area contributed by atoms with Crippen molar-refractivity contribution >= 4 is 11.6 Å². The average Bonchev–Trinajstić information content (AvgIpc) is 2.19. The number of hydrogen-bond acceptors (Lipinski definition) is 0. The third-order valence-corrected chi connectivity index (χ3v) is 2.20. The quantitative estimate of drug-likeness (QED) is 0.618. The Morgan fingerprint density at radius 2 is 1.85 bits per heavy atom. The number of halogens is 1. The molecule has 0 amide bonds. The molecule has 0 unspecified atom stereocenters. The Morgan fingerprint density at radius 3 is 2.54 bits per heavy atom. The lowest BCUT2D eigenvalue weighted by atomic mass is 10.1. The second-order valence-electron chi connectivity index (χ2n) is 3.09. The fraction of sp³-hybridized carbons (Fsp3) is 0.333. The smallest absolute Gasteiger partial charge is 0.000245 e. The fourth-order valence-corrected chi connectivity index (χ4v) is 1.42. The lowest BCUT2D eigenvalue weighted by Crippen LogP contribution is -1.83. The molecule has 0 aliphatic rings. The van der Waals surface area contributed by atoms with Crippen molar-refractivity contribution in [2.45, 2.75) is 25.7 Å². The molecular formula is C12H15Cl. The zero-order valence-corrected chi connectivity index (χ0v) is 8.50. The first-order valence-corrected chi connectivity index (χ1v) is 5.16. The van der Waals surface area contributed by atoms with Gasteiger partial charge in [0.1, 0.15) is 0 Å². The van der Waals surface area contributed by atoms with E-state index in [0.29, 0.717) is 0 Å². The molecule has 0 saturated carbocycles. The Balaban J connectivity index is 2.13. The van der Waals surface area contributed by atoms with Crippen LogP contribution in [0.4, 0.5) is 0 Å². The predicted octanol–water partition coefficient (Wildman–Crippen LogP) is 4.15. The van der Waals surface area contributed by atoms with Crippen LogP contribution in [0, 0.1) is 0 Å². The molecule has 0 saturated heterocycles. The zero-order valence-electron chi connectivity index (χ0n) is 7.75. The topological polar surface area (TPSA) is 0 Å². The Hall–Kier alpha value is -0.750. The molecule has 0 aliphatic carbocycles. The highest BCUT2D eigenvalue weighted by molar-refractivity contribution is 6.25. The summed E-state index contributed by atoms with van der Waals surface area (Å²) in [7, 11) is 0. The summed E-state index contributed by atoms with van der Waals surface area (Å²) in [5.74, 6) is 0. The molecule has 0 fully saturated rings. The van der Waals surface area contributed by atoms with Gasteiger partial charge in [0.15, 0.2) is 0 Å². The molecule has 1 aromatic carbocycles. The minimum atomic E-state index is 1.09. The molecule has 13 heavy (non-hydrogen) atoms. The van der Waals surface area contributed by atoms with Gasteiger partial charge >= 0.3 is 0 Å². The van der Waals surface area contributed by atoms with Crippen molar-refractivity contribution in [1.82, 2.24) is 0 Å². The van der Waals surface area contributed by atoms with E-state index in [2.05, 4.69) is 30.3 Å². The van der Waals surface area contributed by atoms with Crippen LogP contribution in [0.3, 0.4) is 0 Å². The largest absolute Gasteiger partial charge is 0.0933 e. The number of aryl methyl sites for hydroxylation is 1. The van der Waals surface area contributed by atoms with Gasteiger partial charge in [-0.1, -0.05) is 48.0 Å². The van der Waals surface area contributed by atoms with Gasteiger partial charge in [-0.05, 0) is 31.2 Å². The second kappa shape index (κ2) is 6.73. The third-order valence-electron chi connectivity index (χ3n) is 2.02. The molecule has 0 radical (unpaired) electrons. The molecule has 0 atom stereocenters.